The Kier molecular flexibility index (Phi) is 4.97. The Morgan fingerprint density at radius 1 is 1.42 bits per heavy atom. The minimum Gasteiger partial charge on any atom is -0.361 e. The number of piperidine rings is 1. The number of aromatic amines is 1. The molecule has 1 amide bonds. The van der Waals surface area contributed by atoms with Crippen LogP contribution in [-0.2, 0) is 17.6 Å². The van der Waals surface area contributed by atoms with E-state index in [-0.39, 0.29) is 11.8 Å². The third kappa shape index (κ3) is 3.49. The Bertz CT molecular complexity index is 686. The molecular weight excluding hydrogens is 306 g/mol. The molecule has 1 atom stereocenters. The zero-order valence-electron chi connectivity index (χ0n) is 14.6. The third-order valence-electron chi connectivity index (χ3n) is 4.79. The molecule has 1 saturated heterocycles. The van der Waals surface area contributed by atoms with Crippen molar-refractivity contribution >= 4 is 5.91 Å². The Hall–Kier alpha value is -2.18. The van der Waals surface area contributed by atoms with Crippen LogP contribution in [0.2, 0.25) is 0 Å². The highest BCUT2D eigenvalue weighted by molar-refractivity contribution is 5.76. The van der Waals surface area contributed by atoms with Gasteiger partial charge in [-0.25, -0.2) is 4.98 Å². The molecule has 1 fully saturated rings. The number of H-pyrrole nitrogens is 1. The van der Waals surface area contributed by atoms with Gasteiger partial charge in [-0.1, -0.05) is 12.1 Å². The number of likely N-dealkylation sites (tertiary alicyclic amines) is 1. The first-order valence-corrected chi connectivity index (χ1v) is 8.69. The van der Waals surface area contributed by atoms with Crippen molar-refractivity contribution in [2.75, 3.05) is 13.1 Å². The van der Waals surface area contributed by atoms with Crippen LogP contribution in [0, 0.1) is 13.8 Å². The highest BCUT2D eigenvalue weighted by atomic mass is 16.5. The molecule has 24 heavy (non-hydrogen) atoms. The summed E-state index contributed by atoms with van der Waals surface area (Å²) >= 11 is 0. The van der Waals surface area contributed by atoms with Gasteiger partial charge in [0, 0.05) is 37.4 Å². The van der Waals surface area contributed by atoms with Gasteiger partial charge >= 0.3 is 0 Å². The summed E-state index contributed by atoms with van der Waals surface area (Å²) in [4.78, 5) is 19.1. The molecule has 1 aliphatic heterocycles. The summed E-state index contributed by atoms with van der Waals surface area (Å²) in [5.41, 5.74) is 1.93. The second kappa shape index (κ2) is 7.15. The van der Waals surface area contributed by atoms with Gasteiger partial charge in [0.05, 0.1) is 5.69 Å². The van der Waals surface area contributed by atoms with E-state index in [9.17, 15) is 4.79 Å². The van der Waals surface area contributed by atoms with E-state index in [1.165, 1.54) is 0 Å². The van der Waals surface area contributed by atoms with Crippen molar-refractivity contribution in [3.63, 3.8) is 0 Å². The van der Waals surface area contributed by atoms with Crippen LogP contribution >= 0.6 is 0 Å². The van der Waals surface area contributed by atoms with E-state index >= 15 is 0 Å². The number of nitrogens with one attached hydrogen (secondary N) is 1. The summed E-state index contributed by atoms with van der Waals surface area (Å²) < 4.78 is 5.17. The fraction of sp³-hybridized carbons (Fsp3) is 0.647. The summed E-state index contributed by atoms with van der Waals surface area (Å²) in [6, 6.07) is 0. The summed E-state index contributed by atoms with van der Waals surface area (Å²) in [5.74, 6) is 2.98. The van der Waals surface area contributed by atoms with Gasteiger partial charge in [0.1, 0.15) is 11.6 Å². The summed E-state index contributed by atoms with van der Waals surface area (Å²) in [6.07, 6.45) is 4.05. The van der Waals surface area contributed by atoms with E-state index in [2.05, 4.69) is 27.3 Å². The quantitative estimate of drug-likeness (QED) is 0.908. The summed E-state index contributed by atoms with van der Waals surface area (Å²) in [5, 5.41) is 11.2. The Labute approximate surface area is 141 Å². The smallest absolute Gasteiger partial charge is 0.222 e. The van der Waals surface area contributed by atoms with Gasteiger partial charge in [-0.3, -0.25) is 9.89 Å². The van der Waals surface area contributed by atoms with Crippen molar-refractivity contribution < 1.29 is 9.32 Å². The molecule has 0 bridgehead atoms. The average molecular weight is 331 g/mol. The van der Waals surface area contributed by atoms with E-state index < -0.39 is 0 Å². The van der Waals surface area contributed by atoms with Crippen LogP contribution in [0.5, 0.6) is 0 Å². The highest BCUT2D eigenvalue weighted by Crippen LogP contribution is 2.25. The zero-order valence-corrected chi connectivity index (χ0v) is 14.6. The SMILES string of the molecule is CCc1nc([C@@H]2CCCN(C(=O)CCc3c(C)noc3C)C2)n[nH]1. The normalized spacial score (nSPS) is 18.1. The van der Waals surface area contributed by atoms with Gasteiger partial charge in [0.2, 0.25) is 5.91 Å². The lowest BCUT2D eigenvalue weighted by molar-refractivity contribution is -0.132. The van der Waals surface area contributed by atoms with Crippen molar-refractivity contribution in [3.8, 4) is 0 Å². The maximum absolute atomic E-state index is 12.6. The summed E-state index contributed by atoms with van der Waals surface area (Å²) in [7, 11) is 0. The third-order valence-corrected chi connectivity index (χ3v) is 4.79. The molecule has 0 radical (unpaired) electrons. The minimum atomic E-state index is 0.186. The molecule has 130 valence electrons. The van der Waals surface area contributed by atoms with Crippen molar-refractivity contribution in [2.45, 2.75) is 58.8 Å². The van der Waals surface area contributed by atoms with Gasteiger partial charge in [-0.15, -0.1) is 0 Å². The first kappa shape index (κ1) is 16.7. The van der Waals surface area contributed by atoms with E-state index in [1.807, 2.05) is 18.7 Å². The number of carbonyl (C=O) groups excluding carboxylic acids is 1. The van der Waals surface area contributed by atoms with Gasteiger partial charge in [0.25, 0.3) is 0 Å². The molecule has 3 heterocycles. The number of nitrogens with zero attached hydrogens (tertiary/aromatic N) is 4. The number of carbonyl (C=O) groups is 1. The van der Waals surface area contributed by atoms with Crippen LogP contribution in [-0.4, -0.2) is 44.2 Å². The molecule has 0 aliphatic carbocycles. The molecule has 7 nitrogen and oxygen atoms in total. The lowest BCUT2D eigenvalue weighted by atomic mass is 9.96. The van der Waals surface area contributed by atoms with Crippen LogP contribution in [0.1, 0.15) is 60.8 Å². The van der Waals surface area contributed by atoms with Crippen LogP contribution < -0.4 is 0 Å². The molecule has 0 aromatic carbocycles. The monoisotopic (exact) mass is 331 g/mol. The second-order valence-corrected chi connectivity index (χ2v) is 6.48. The van der Waals surface area contributed by atoms with Gasteiger partial charge in [-0.2, -0.15) is 5.10 Å². The molecule has 0 spiro atoms. The van der Waals surface area contributed by atoms with E-state index in [1.54, 1.807) is 0 Å². The first-order chi connectivity index (χ1) is 11.6. The number of rotatable bonds is 5. The Morgan fingerprint density at radius 3 is 2.92 bits per heavy atom. The molecule has 2 aromatic heterocycles. The molecule has 3 rings (SSSR count). The number of amides is 1. The molecule has 7 heteroatoms. The lowest BCUT2D eigenvalue weighted by Crippen LogP contribution is -2.39. The van der Waals surface area contributed by atoms with Crippen molar-refractivity contribution in [1.29, 1.82) is 0 Å². The predicted molar refractivity (Wildman–Crippen MR) is 88.6 cm³/mol. The zero-order chi connectivity index (χ0) is 17.1. The number of aryl methyl sites for hydroxylation is 3. The molecule has 2 aromatic rings. The molecule has 0 saturated carbocycles. The van der Waals surface area contributed by atoms with Crippen LogP contribution in [0.25, 0.3) is 0 Å². The Morgan fingerprint density at radius 2 is 2.25 bits per heavy atom. The van der Waals surface area contributed by atoms with Crippen molar-refractivity contribution in [2.24, 2.45) is 0 Å². The van der Waals surface area contributed by atoms with Crippen LogP contribution in [0.3, 0.4) is 0 Å². The van der Waals surface area contributed by atoms with E-state index in [0.29, 0.717) is 19.4 Å². The number of hydrogen-bond donors (Lipinski definition) is 1. The molecule has 1 N–H and O–H groups in total. The molecular formula is C17H25N5O2. The van der Waals surface area contributed by atoms with Gasteiger partial charge in [-0.05, 0) is 33.1 Å². The van der Waals surface area contributed by atoms with Gasteiger partial charge in [0.15, 0.2) is 5.82 Å². The Balaban J connectivity index is 1.58. The van der Waals surface area contributed by atoms with Crippen LogP contribution in [0.15, 0.2) is 4.52 Å². The fourth-order valence-electron chi connectivity index (χ4n) is 3.31. The average Bonchev–Trinajstić information content (AvgIpc) is 3.20. The lowest BCUT2D eigenvalue weighted by Gasteiger charge is -2.31. The fourth-order valence-corrected chi connectivity index (χ4v) is 3.31. The minimum absolute atomic E-state index is 0.186. The van der Waals surface area contributed by atoms with E-state index in [4.69, 9.17) is 4.52 Å². The second-order valence-electron chi connectivity index (χ2n) is 6.48. The highest BCUT2D eigenvalue weighted by Gasteiger charge is 2.27. The van der Waals surface area contributed by atoms with Crippen molar-refractivity contribution in [1.82, 2.24) is 25.2 Å². The number of hydrogen-bond acceptors (Lipinski definition) is 5. The first-order valence-electron chi connectivity index (χ1n) is 8.69. The number of aromatic nitrogens is 4. The summed E-state index contributed by atoms with van der Waals surface area (Å²) in [6.45, 7) is 7.40. The predicted octanol–water partition coefficient (Wildman–Crippen LogP) is 2.31. The standard InChI is InChI=1S/C17H25N5O2/c1-4-15-18-17(20-19-15)13-6-5-9-22(10-13)16(23)8-7-14-11(2)21-24-12(14)3/h13H,4-10H2,1-3H3,(H,18,19,20)/t13-/m1/s1. The largest absolute Gasteiger partial charge is 0.361 e. The molecule has 0 unspecified atom stereocenters. The van der Waals surface area contributed by atoms with Gasteiger partial charge < -0.3 is 9.42 Å². The maximum atomic E-state index is 12.6. The van der Waals surface area contributed by atoms with E-state index in [0.717, 1.165) is 54.5 Å². The topological polar surface area (TPSA) is 87.9 Å². The maximum Gasteiger partial charge on any atom is 0.222 e. The molecule has 1 aliphatic rings. The van der Waals surface area contributed by atoms with Crippen LogP contribution in [0.4, 0.5) is 0 Å². The van der Waals surface area contributed by atoms with Crippen molar-refractivity contribution in [3.05, 3.63) is 28.7 Å².